The van der Waals surface area contributed by atoms with Crippen molar-refractivity contribution in [2.24, 2.45) is 0 Å². The van der Waals surface area contributed by atoms with Crippen molar-refractivity contribution in [3.63, 3.8) is 0 Å². The highest BCUT2D eigenvalue weighted by molar-refractivity contribution is 5.96. The van der Waals surface area contributed by atoms with Crippen LogP contribution in [0.1, 0.15) is 15.9 Å². The molecule has 1 saturated heterocycles. The predicted octanol–water partition coefficient (Wildman–Crippen LogP) is 4.75. The third-order valence-corrected chi connectivity index (χ3v) is 5.88. The number of alkyl halides is 3. The summed E-state index contributed by atoms with van der Waals surface area (Å²) in [6.07, 6.45) is 0.431. The van der Waals surface area contributed by atoms with Crippen LogP contribution in [0, 0.1) is 0 Å². The van der Waals surface area contributed by atoms with Crippen LogP contribution < -0.4 is 10.2 Å². The smallest absolute Gasteiger partial charge is 0.355 e. The monoisotopic (exact) mass is 478 g/mol. The lowest BCUT2D eigenvalue weighted by molar-refractivity contribution is -0.137. The van der Waals surface area contributed by atoms with Crippen LogP contribution in [0.25, 0.3) is 10.9 Å². The van der Waals surface area contributed by atoms with Crippen molar-refractivity contribution in [3.8, 4) is 0 Å². The van der Waals surface area contributed by atoms with E-state index in [1.807, 2.05) is 4.90 Å². The Bertz CT molecular complexity index is 1340. The summed E-state index contributed by atoms with van der Waals surface area (Å²) in [7, 11) is 0. The maximum absolute atomic E-state index is 13.0. The minimum absolute atomic E-state index is 0.0563. The van der Waals surface area contributed by atoms with E-state index in [0.29, 0.717) is 54.5 Å². The number of hydrogen-bond acceptors (Lipinski definition) is 6. The summed E-state index contributed by atoms with van der Waals surface area (Å²) in [6, 6.07) is 14.0. The van der Waals surface area contributed by atoms with Gasteiger partial charge in [-0.2, -0.15) is 13.2 Å². The molecule has 1 aliphatic rings. The van der Waals surface area contributed by atoms with Gasteiger partial charge >= 0.3 is 6.18 Å². The van der Waals surface area contributed by atoms with E-state index >= 15 is 0 Å². The second kappa shape index (κ2) is 9.21. The van der Waals surface area contributed by atoms with E-state index in [2.05, 4.69) is 20.3 Å². The average Bonchev–Trinajstić information content (AvgIpc) is 2.89. The van der Waals surface area contributed by atoms with Crippen molar-refractivity contribution in [1.82, 2.24) is 19.9 Å². The third-order valence-electron chi connectivity index (χ3n) is 5.88. The van der Waals surface area contributed by atoms with Crippen LogP contribution in [-0.4, -0.2) is 51.9 Å². The molecule has 35 heavy (non-hydrogen) atoms. The first-order chi connectivity index (χ1) is 16.9. The van der Waals surface area contributed by atoms with Crippen LogP contribution in [0.15, 0.2) is 73.2 Å². The van der Waals surface area contributed by atoms with E-state index in [0.717, 1.165) is 12.1 Å². The van der Waals surface area contributed by atoms with Crippen molar-refractivity contribution in [3.05, 3.63) is 84.3 Å². The Hall–Kier alpha value is -4.21. The highest BCUT2D eigenvalue weighted by Crippen LogP contribution is 2.33. The molecular formula is C25H21F3N6O. The Morgan fingerprint density at radius 3 is 2.26 bits per heavy atom. The van der Waals surface area contributed by atoms with E-state index in [-0.39, 0.29) is 11.4 Å². The van der Waals surface area contributed by atoms with Gasteiger partial charge in [0.25, 0.3) is 5.91 Å². The number of nitrogens with zero attached hydrogens (tertiary/aromatic N) is 5. The Morgan fingerprint density at radius 1 is 0.857 bits per heavy atom. The van der Waals surface area contributed by atoms with Gasteiger partial charge in [-0.3, -0.25) is 9.78 Å². The standard InChI is InChI=1S/C25H21F3N6O/c26-25(27,28)18-4-7-20-21(8-11-29-22(20)16-18)32-19-5-2-17(3-6-19)23(35)33-12-14-34(15-13-33)24-30-9-1-10-31-24/h1-11,16H,12-15H2,(H,29,32). The molecule has 0 aliphatic carbocycles. The van der Waals surface area contributed by atoms with Crippen LogP contribution in [0.5, 0.6) is 0 Å². The van der Waals surface area contributed by atoms with E-state index in [1.54, 1.807) is 53.7 Å². The molecule has 1 N–H and O–H groups in total. The molecule has 1 fully saturated rings. The fourth-order valence-electron chi connectivity index (χ4n) is 4.03. The quantitative estimate of drug-likeness (QED) is 0.456. The Labute approximate surface area is 199 Å². The lowest BCUT2D eigenvalue weighted by Gasteiger charge is -2.34. The molecule has 1 aliphatic heterocycles. The van der Waals surface area contributed by atoms with Crippen molar-refractivity contribution < 1.29 is 18.0 Å². The normalized spacial score (nSPS) is 14.3. The van der Waals surface area contributed by atoms with Gasteiger partial charge < -0.3 is 15.1 Å². The van der Waals surface area contributed by atoms with E-state index in [9.17, 15) is 18.0 Å². The number of rotatable bonds is 4. The third kappa shape index (κ3) is 4.86. The molecule has 0 atom stereocenters. The van der Waals surface area contributed by atoms with Crippen LogP contribution in [0.3, 0.4) is 0 Å². The summed E-state index contributed by atoms with van der Waals surface area (Å²) < 4.78 is 39.0. The SMILES string of the molecule is O=C(c1ccc(Nc2ccnc3cc(C(F)(F)F)ccc23)cc1)N1CCN(c2ncccn2)CC1. The summed E-state index contributed by atoms with van der Waals surface area (Å²) >= 11 is 0. The minimum Gasteiger partial charge on any atom is -0.355 e. The van der Waals surface area contributed by atoms with Crippen molar-refractivity contribution >= 4 is 34.1 Å². The second-order valence-electron chi connectivity index (χ2n) is 8.12. The van der Waals surface area contributed by atoms with Gasteiger partial charge in [0.2, 0.25) is 5.95 Å². The van der Waals surface area contributed by atoms with Crippen molar-refractivity contribution in [2.45, 2.75) is 6.18 Å². The van der Waals surface area contributed by atoms with Gasteiger partial charge in [0.1, 0.15) is 0 Å². The molecule has 1 amide bonds. The lowest BCUT2D eigenvalue weighted by Crippen LogP contribution is -2.49. The van der Waals surface area contributed by atoms with Gasteiger partial charge in [0.15, 0.2) is 0 Å². The fraction of sp³-hybridized carbons (Fsp3) is 0.200. The number of aromatic nitrogens is 3. The molecule has 10 heteroatoms. The maximum Gasteiger partial charge on any atom is 0.416 e. The molecule has 0 unspecified atom stereocenters. The minimum atomic E-state index is -4.43. The number of hydrogen-bond donors (Lipinski definition) is 1. The number of carbonyl (C=O) groups is 1. The topological polar surface area (TPSA) is 74.2 Å². The zero-order chi connectivity index (χ0) is 24.4. The maximum atomic E-state index is 13.0. The number of carbonyl (C=O) groups excluding carboxylic acids is 1. The molecule has 178 valence electrons. The molecule has 0 bridgehead atoms. The number of piperazine rings is 1. The van der Waals surface area contributed by atoms with Gasteiger partial charge in [0.05, 0.1) is 11.1 Å². The average molecular weight is 478 g/mol. The molecule has 7 nitrogen and oxygen atoms in total. The molecule has 4 aromatic rings. The molecule has 0 radical (unpaired) electrons. The number of pyridine rings is 1. The van der Waals surface area contributed by atoms with Gasteiger partial charge in [-0.15, -0.1) is 0 Å². The number of anilines is 3. The first-order valence-corrected chi connectivity index (χ1v) is 11.0. The molecule has 0 saturated carbocycles. The predicted molar refractivity (Wildman–Crippen MR) is 127 cm³/mol. The lowest BCUT2D eigenvalue weighted by atomic mass is 10.1. The Morgan fingerprint density at radius 2 is 1.57 bits per heavy atom. The van der Waals surface area contributed by atoms with E-state index in [4.69, 9.17) is 0 Å². The number of amides is 1. The molecule has 5 rings (SSSR count). The zero-order valence-electron chi connectivity index (χ0n) is 18.5. The van der Waals surface area contributed by atoms with Crippen molar-refractivity contribution in [1.29, 1.82) is 0 Å². The highest BCUT2D eigenvalue weighted by Gasteiger charge is 2.30. The van der Waals surface area contributed by atoms with Gasteiger partial charge in [-0.1, -0.05) is 6.07 Å². The van der Waals surface area contributed by atoms with Gasteiger partial charge in [-0.25, -0.2) is 9.97 Å². The van der Waals surface area contributed by atoms with Crippen molar-refractivity contribution in [2.75, 3.05) is 36.4 Å². The van der Waals surface area contributed by atoms with Crippen LogP contribution in [-0.2, 0) is 6.18 Å². The van der Waals surface area contributed by atoms with Gasteiger partial charge in [-0.05, 0) is 48.5 Å². The van der Waals surface area contributed by atoms with E-state index < -0.39 is 11.7 Å². The summed E-state index contributed by atoms with van der Waals surface area (Å²) in [6.45, 7) is 2.45. The highest BCUT2D eigenvalue weighted by atomic mass is 19.4. The summed E-state index contributed by atoms with van der Waals surface area (Å²) in [4.78, 5) is 29.4. The number of halogens is 3. The fourth-order valence-corrected chi connectivity index (χ4v) is 4.03. The molecule has 3 heterocycles. The van der Waals surface area contributed by atoms with Crippen LogP contribution in [0.2, 0.25) is 0 Å². The van der Waals surface area contributed by atoms with Crippen LogP contribution >= 0.6 is 0 Å². The molecule has 0 spiro atoms. The summed E-state index contributed by atoms with van der Waals surface area (Å²) in [5.41, 5.74) is 1.41. The largest absolute Gasteiger partial charge is 0.416 e. The van der Waals surface area contributed by atoms with Crippen LogP contribution in [0.4, 0.5) is 30.5 Å². The molecule has 2 aromatic heterocycles. The Kier molecular flexibility index (Phi) is 5.94. The first kappa shape index (κ1) is 22.6. The summed E-state index contributed by atoms with van der Waals surface area (Å²) in [5, 5.41) is 3.78. The zero-order valence-corrected chi connectivity index (χ0v) is 18.5. The number of nitrogens with one attached hydrogen (secondary N) is 1. The summed E-state index contributed by atoms with van der Waals surface area (Å²) in [5.74, 6) is 0.604. The first-order valence-electron chi connectivity index (χ1n) is 11.0. The molecular weight excluding hydrogens is 457 g/mol. The van der Waals surface area contributed by atoms with E-state index in [1.165, 1.54) is 12.3 Å². The Balaban J connectivity index is 1.26. The molecule has 2 aromatic carbocycles. The number of benzene rings is 2. The van der Waals surface area contributed by atoms with Gasteiger partial charge in [0, 0.05) is 67.1 Å². The number of fused-ring (bicyclic) bond motifs is 1. The second-order valence-corrected chi connectivity index (χ2v) is 8.12.